The number of terminal acetylenes is 1. The molecular weight excluding hydrogens is 530 g/mol. The van der Waals surface area contributed by atoms with Crippen molar-refractivity contribution in [3.63, 3.8) is 0 Å². The zero-order valence-electron chi connectivity index (χ0n) is 20.3. The molecule has 1 aromatic carbocycles. The number of likely N-dealkylation sites (tertiary alicyclic amines) is 1. The highest BCUT2D eigenvalue weighted by Gasteiger charge is 2.37. The van der Waals surface area contributed by atoms with Crippen LogP contribution in [0.4, 0.5) is 34.9 Å². The fraction of sp³-hybridized carbons (Fsp3) is 0.417. The van der Waals surface area contributed by atoms with Gasteiger partial charge in [0.25, 0.3) is 0 Å². The van der Waals surface area contributed by atoms with Crippen LogP contribution in [-0.4, -0.2) is 58.9 Å². The minimum absolute atomic E-state index is 0.0680. The highest BCUT2D eigenvalue weighted by molar-refractivity contribution is 6.31. The second-order valence-electron chi connectivity index (χ2n) is 8.37. The van der Waals surface area contributed by atoms with Crippen LogP contribution < -0.4 is 21.7 Å². The topological polar surface area (TPSA) is 130 Å². The lowest BCUT2D eigenvalue weighted by atomic mass is 9.97. The molecule has 2 aromatic rings. The number of rotatable bonds is 4. The van der Waals surface area contributed by atoms with Crippen molar-refractivity contribution in [1.82, 2.24) is 14.9 Å². The Hall–Kier alpha value is -3.79. The molecule has 0 bridgehead atoms. The van der Waals surface area contributed by atoms with Gasteiger partial charge >= 0.3 is 6.18 Å². The second-order valence-corrected chi connectivity index (χ2v) is 8.81. The number of hydrogen-bond donors (Lipinski definition) is 3. The molecule has 0 unspecified atom stereocenters. The monoisotopic (exact) mass is 557 g/mol. The number of nitrogens with two attached hydrogens (primary N) is 2. The average molecular weight is 558 g/mol. The maximum absolute atomic E-state index is 14.4. The molecule has 2 saturated heterocycles. The first-order valence-electron chi connectivity index (χ1n) is 11.5. The van der Waals surface area contributed by atoms with E-state index < -0.39 is 23.6 Å². The van der Waals surface area contributed by atoms with Crippen molar-refractivity contribution in [2.24, 2.45) is 5.73 Å². The lowest BCUT2D eigenvalue weighted by molar-refractivity contribution is -0.137. The molecule has 0 spiro atoms. The number of carbonyl (C=O) groups is 2. The first-order chi connectivity index (χ1) is 18.0. The summed E-state index contributed by atoms with van der Waals surface area (Å²) in [7, 11) is 0. The number of nitrogens with zero attached hydrogens (tertiary/aromatic N) is 4. The van der Waals surface area contributed by atoms with E-state index >= 15 is 0 Å². The quantitative estimate of drug-likeness (QED) is 0.299. The van der Waals surface area contributed by atoms with Crippen LogP contribution in [-0.2, 0) is 15.8 Å². The summed E-state index contributed by atoms with van der Waals surface area (Å²) in [5.41, 5.74) is 8.98. The summed E-state index contributed by atoms with van der Waals surface area (Å²) in [6.45, 7) is 1.46. The van der Waals surface area contributed by atoms with E-state index in [9.17, 15) is 22.4 Å². The zero-order valence-corrected chi connectivity index (χ0v) is 21.1. The first-order valence-corrected chi connectivity index (χ1v) is 11.9. The van der Waals surface area contributed by atoms with Gasteiger partial charge in [-0.15, -0.1) is 12.8 Å². The Balaban J connectivity index is 0.000000947. The molecule has 0 saturated carbocycles. The van der Waals surface area contributed by atoms with Gasteiger partial charge in [0.1, 0.15) is 12.4 Å². The molecule has 206 valence electrons. The van der Waals surface area contributed by atoms with Crippen LogP contribution in [0.15, 0.2) is 24.5 Å². The van der Waals surface area contributed by atoms with Gasteiger partial charge in [0.2, 0.25) is 18.1 Å². The van der Waals surface area contributed by atoms with E-state index in [1.165, 1.54) is 12.4 Å². The van der Waals surface area contributed by atoms with Gasteiger partial charge in [0, 0.05) is 36.4 Å². The van der Waals surface area contributed by atoms with E-state index in [0.29, 0.717) is 32.5 Å². The fourth-order valence-corrected chi connectivity index (χ4v) is 4.66. The summed E-state index contributed by atoms with van der Waals surface area (Å²) in [5.74, 6) is -1.03. The number of nitrogens with one attached hydrogen (secondary N) is 1. The minimum Gasteiger partial charge on any atom is -0.381 e. The number of primary amides is 1. The van der Waals surface area contributed by atoms with Gasteiger partial charge in [0.05, 0.1) is 5.56 Å². The molecule has 0 aliphatic carbocycles. The minimum atomic E-state index is -4.55. The van der Waals surface area contributed by atoms with E-state index in [2.05, 4.69) is 33.9 Å². The van der Waals surface area contributed by atoms with E-state index in [-0.39, 0.29) is 40.7 Å². The van der Waals surface area contributed by atoms with Crippen LogP contribution in [0.3, 0.4) is 0 Å². The number of amides is 2. The molecular formula is C24H28ClF4N7O2. The number of hydrogen-bond acceptors (Lipinski definition) is 7. The summed E-state index contributed by atoms with van der Waals surface area (Å²) in [6.07, 6.45) is 7.52. The molecule has 2 amide bonds. The molecule has 0 radical (unpaired) electrons. The number of alkyl halides is 3. The average Bonchev–Trinajstić information content (AvgIpc) is 2.88. The van der Waals surface area contributed by atoms with Crippen LogP contribution in [0, 0.1) is 18.7 Å². The Kier molecular flexibility index (Phi) is 10.9. The predicted molar refractivity (Wildman–Crippen MR) is 137 cm³/mol. The summed E-state index contributed by atoms with van der Waals surface area (Å²) < 4.78 is 53.8. The van der Waals surface area contributed by atoms with Gasteiger partial charge < -0.3 is 26.6 Å². The molecule has 38 heavy (non-hydrogen) atoms. The first kappa shape index (κ1) is 30.4. The Bertz CT molecular complexity index is 1130. The van der Waals surface area contributed by atoms with Crippen molar-refractivity contribution in [2.45, 2.75) is 43.9 Å². The van der Waals surface area contributed by atoms with Crippen molar-refractivity contribution in [3.8, 4) is 12.8 Å². The predicted octanol–water partition coefficient (Wildman–Crippen LogP) is 3.29. The normalized spacial score (nSPS) is 19.4. The molecule has 5 N–H and O–H groups in total. The Morgan fingerprint density at radius 1 is 1.13 bits per heavy atom. The lowest BCUT2D eigenvalue weighted by Crippen LogP contribution is -2.56. The van der Waals surface area contributed by atoms with Crippen molar-refractivity contribution < 1.29 is 27.2 Å². The van der Waals surface area contributed by atoms with Crippen molar-refractivity contribution in [2.75, 3.05) is 35.6 Å². The fourth-order valence-electron chi connectivity index (χ4n) is 4.43. The summed E-state index contributed by atoms with van der Waals surface area (Å²) in [5, 5.41) is 2.86. The molecule has 2 fully saturated rings. The van der Waals surface area contributed by atoms with Crippen molar-refractivity contribution in [3.05, 3.63) is 40.9 Å². The number of benzene rings is 1. The summed E-state index contributed by atoms with van der Waals surface area (Å²) >= 11 is 5.87. The zero-order chi connectivity index (χ0) is 28.5. The number of aromatic nitrogens is 2. The molecule has 9 nitrogen and oxygen atoms in total. The molecule has 1 aromatic heterocycles. The highest BCUT2D eigenvalue weighted by atomic mass is 35.5. The van der Waals surface area contributed by atoms with E-state index in [1.807, 2.05) is 0 Å². The Morgan fingerprint density at radius 2 is 1.79 bits per heavy atom. The molecule has 14 heteroatoms. The molecule has 4 rings (SSSR count). The van der Waals surface area contributed by atoms with Gasteiger partial charge in [-0.3, -0.25) is 9.59 Å². The maximum Gasteiger partial charge on any atom is 0.416 e. The third-order valence-corrected chi connectivity index (χ3v) is 6.19. The molecule has 2 atom stereocenters. The smallest absolute Gasteiger partial charge is 0.381 e. The van der Waals surface area contributed by atoms with Gasteiger partial charge in [-0.2, -0.15) is 17.6 Å². The summed E-state index contributed by atoms with van der Waals surface area (Å²) in [4.78, 5) is 32.9. The largest absolute Gasteiger partial charge is 0.416 e. The Labute approximate surface area is 222 Å². The van der Waals surface area contributed by atoms with Crippen LogP contribution in [0.1, 0.15) is 31.2 Å². The van der Waals surface area contributed by atoms with E-state index in [0.717, 1.165) is 25.0 Å². The van der Waals surface area contributed by atoms with Crippen LogP contribution in [0.25, 0.3) is 0 Å². The number of anilines is 3. The number of carbonyl (C=O) groups excluding carboxylic acids is 2. The highest BCUT2D eigenvalue weighted by Crippen LogP contribution is 2.34. The molecule has 2 aliphatic rings. The van der Waals surface area contributed by atoms with E-state index in [4.69, 9.17) is 22.1 Å². The molecule has 3 heterocycles. The van der Waals surface area contributed by atoms with Crippen LogP contribution >= 0.6 is 11.6 Å². The van der Waals surface area contributed by atoms with Gasteiger partial charge in [-0.25, -0.2) is 9.97 Å². The lowest BCUT2D eigenvalue weighted by Gasteiger charge is -2.43. The van der Waals surface area contributed by atoms with Crippen LogP contribution in [0.5, 0.6) is 0 Å². The third-order valence-electron chi connectivity index (χ3n) is 5.97. The Morgan fingerprint density at radius 3 is 2.45 bits per heavy atom. The standard InChI is InChI=1S/C21H23ClF4N6O.C2H2.CH3NO/c22-13-7-12(21(24,25)26)8-14(9-13)30-16-4-2-6-32(20(16)33)15-3-1-5-31(10-15)19-17(23)18(27)28-11-29-19;1-2;2-1-3/h7-9,11,15-16,30H,1-6,10H2,(H2,27,28,29);1-2H;1H,(H2,2,3)/t15-,16-;;/m1../s1. The molecule has 2 aliphatic heterocycles. The van der Waals surface area contributed by atoms with Crippen LogP contribution in [0.2, 0.25) is 5.02 Å². The second kappa shape index (κ2) is 13.7. The number of halogens is 5. The van der Waals surface area contributed by atoms with E-state index in [1.54, 1.807) is 9.80 Å². The number of nitrogen functional groups attached to an aromatic ring is 1. The summed E-state index contributed by atoms with van der Waals surface area (Å²) in [6, 6.07) is 2.30. The van der Waals surface area contributed by atoms with Gasteiger partial charge in [-0.05, 0) is 43.9 Å². The SMILES string of the molecule is C#C.NC=O.Nc1ncnc(N2CCC[C@@H](N3CCC[C@@H](Nc4cc(Cl)cc(C(F)(F)F)c4)C3=O)C2)c1F. The van der Waals surface area contributed by atoms with Crippen molar-refractivity contribution >= 4 is 41.2 Å². The maximum atomic E-state index is 14.4. The van der Waals surface area contributed by atoms with Gasteiger partial charge in [-0.1, -0.05) is 11.6 Å². The number of piperidine rings is 2. The van der Waals surface area contributed by atoms with Crippen molar-refractivity contribution in [1.29, 1.82) is 0 Å². The van der Waals surface area contributed by atoms with Gasteiger partial charge in [0.15, 0.2) is 11.6 Å². The third kappa shape index (κ3) is 7.61.